The Morgan fingerprint density at radius 1 is 1.17 bits per heavy atom. The molecule has 24 heavy (non-hydrogen) atoms. The summed E-state index contributed by atoms with van der Waals surface area (Å²) in [6.45, 7) is 1.44. The van der Waals surface area contributed by atoms with Crippen LogP contribution in [-0.2, 0) is 16.4 Å². The van der Waals surface area contributed by atoms with Gasteiger partial charge in [-0.25, -0.2) is 13.1 Å². The molecule has 0 amide bonds. The molecule has 0 saturated carbocycles. The van der Waals surface area contributed by atoms with Gasteiger partial charge in [0.15, 0.2) is 0 Å². The molecule has 1 atom stereocenters. The van der Waals surface area contributed by atoms with E-state index in [0.29, 0.717) is 6.42 Å². The van der Waals surface area contributed by atoms with Gasteiger partial charge in [-0.05, 0) is 48.7 Å². The number of phenolic OH excluding ortho intramolecular Hbond substituents is 1. The maximum absolute atomic E-state index is 12.6. The molecule has 7 heteroatoms. The summed E-state index contributed by atoms with van der Waals surface area (Å²) in [6.07, 6.45) is 0.296. The average molecular weight is 351 g/mol. The number of hydrogen-bond acceptors (Lipinski definition) is 5. The maximum Gasteiger partial charge on any atom is 0.244 e. The van der Waals surface area contributed by atoms with Gasteiger partial charge in [-0.2, -0.15) is 0 Å². The topological polar surface area (TPSA) is 95.9 Å². The van der Waals surface area contributed by atoms with E-state index < -0.39 is 16.1 Å². The molecule has 2 rings (SSSR count). The second-order valence-corrected chi connectivity index (χ2v) is 7.21. The molecule has 2 aromatic rings. The predicted octanol–water partition coefficient (Wildman–Crippen LogP) is 1.59. The Labute approximate surface area is 141 Å². The molecule has 0 heterocycles. The number of nitrogens with one attached hydrogen (secondary N) is 1. The average Bonchev–Trinajstić information content (AvgIpc) is 2.56. The minimum absolute atomic E-state index is 0.0363. The Balaban J connectivity index is 2.23. The van der Waals surface area contributed by atoms with Crippen LogP contribution in [-0.4, -0.2) is 38.4 Å². The van der Waals surface area contributed by atoms with Crippen molar-refractivity contribution in [1.29, 1.82) is 0 Å². The first-order chi connectivity index (χ1) is 11.4. The second kappa shape index (κ2) is 7.65. The zero-order chi connectivity index (χ0) is 17.7. The molecule has 6 nitrogen and oxygen atoms in total. The van der Waals surface area contributed by atoms with Crippen LogP contribution < -0.4 is 9.46 Å². The lowest BCUT2D eigenvalue weighted by Crippen LogP contribution is -2.39. The number of sulfonamides is 1. The smallest absolute Gasteiger partial charge is 0.244 e. The van der Waals surface area contributed by atoms with E-state index in [9.17, 15) is 18.6 Å². The molecular weight excluding hydrogens is 330 g/mol. The molecule has 1 unspecified atom stereocenters. The summed E-state index contributed by atoms with van der Waals surface area (Å²) in [5.41, 5.74) is 1.58. The van der Waals surface area contributed by atoms with Crippen molar-refractivity contribution in [2.45, 2.75) is 24.3 Å². The lowest BCUT2D eigenvalue weighted by atomic mass is 10.1. The number of ether oxygens (including phenoxy) is 1. The van der Waals surface area contributed by atoms with Crippen molar-refractivity contribution in [1.82, 2.24) is 4.72 Å². The molecule has 3 N–H and O–H groups in total. The predicted molar refractivity (Wildman–Crippen MR) is 90.7 cm³/mol. The highest BCUT2D eigenvalue weighted by Crippen LogP contribution is 2.25. The lowest BCUT2D eigenvalue weighted by molar-refractivity contribution is 0.256. The van der Waals surface area contributed by atoms with Gasteiger partial charge in [0.1, 0.15) is 16.4 Å². The van der Waals surface area contributed by atoms with Crippen LogP contribution >= 0.6 is 0 Å². The number of methoxy groups -OCH3 is 1. The van der Waals surface area contributed by atoms with Gasteiger partial charge in [-0.3, -0.25) is 0 Å². The SMILES string of the molecule is COc1ccc(C)cc1S(=O)(=O)NC(CO)Cc1ccc(O)cc1. The normalized spacial score (nSPS) is 12.8. The third kappa shape index (κ3) is 4.47. The summed E-state index contributed by atoms with van der Waals surface area (Å²) in [4.78, 5) is 0.0363. The van der Waals surface area contributed by atoms with Crippen molar-refractivity contribution in [2.24, 2.45) is 0 Å². The number of aliphatic hydroxyl groups is 1. The first-order valence-corrected chi connectivity index (χ1v) is 8.90. The molecule has 2 aromatic carbocycles. The van der Waals surface area contributed by atoms with E-state index in [-0.39, 0.29) is 23.0 Å². The van der Waals surface area contributed by atoms with Crippen LogP contribution in [0.3, 0.4) is 0 Å². The minimum Gasteiger partial charge on any atom is -0.508 e. The zero-order valence-corrected chi connectivity index (χ0v) is 14.4. The van der Waals surface area contributed by atoms with E-state index in [0.717, 1.165) is 11.1 Å². The van der Waals surface area contributed by atoms with Crippen LogP contribution in [0.5, 0.6) is 11.5 Å². The van der Waals surface area contributed by atoms with Gasteiger partial charge in [0.25, 0.3) is 0 Å². The van der Waals surface area contributed by atoms with Crippen molar-refractivity contribution in [3.63, 3.8) is 0 Å². The summed E-state index contributed by atoms with van der Waals surface area (Å²) < 4.78 is 32.9. The van der Waals surface area contributed by atoms with Gasteiger partial charge < -0.3 is 14.9 Å². The van der Waals surface area contributed by atoms with Gasteiger partial charge in [-0.1, -0.05) is 18.2 Å². The van der Waals surface area contributed by atoms with Crippen molar-refractivity contribution in [3.8, 4) is 11.5 Å². The van der Waals surface area contributed by atoms with Crippen molar-refractivity contribution in [3.05, 3.63) is 53.6 Å². The number of hydrogen-bond donors (Lipinski definition) is 3. The van der Waals surface area contributed by atoms with Crippen molar-refractivity contribution in [2.75, 3.05) is 13.7 Å². The van der Waals surface area contributed by atoms with Gasteiger partial charge in [0, 0.05) is 6.04 Å². The molecule has 0 radical (unpaired) electrons. The molecule has 0 aliphatic carbocycles. The van der Waals surface area contributed by atoms with Gasteiger partial charge in [0.05, 0.1) is 13.7 Å². The second-order valence-electron chi connectivity index (χ2n) is 5.53. The Hall–Kier alpha value is -2.09. The third-order valence-corrected chi connectivity index (χ3v) is 5.11. The van der Waals surface area contributed by atoms with Crippen LogP contribution in [0.2, 0.25) is 0 Å². The molecule has 0 aliphatic heterocycles. The van der Waals surface area contributed by atoms with Crippen LogP contribution in [0.4, 0.5) is 0 Å². The quantitative estimate of drug-likeness (QED) is 0.704. The fourth-order valence-electron chi connectivity index (χ4n) is 2.34. The highest BCUT2D eigenvalue weighted by atomic mass is 32.2. The summed E-state index contributed by atoms with van der Waals surface area (Å²) >= 11 is 0. The monoisotopic (exact) mass is 351 g/mol. The van der Waals surface area contributed by atoms with E-state index in [2.05, 4.69) is 4.72 Å². The number of rotatable bonds is 7. The van der Waals surface area contributed by atoms with Gasteiger partial charge in [0.2, 0.25) is 10.0 Å². The van der Waals surface area contributed by atoms with Crippen LogP contribution in [0.15, 0.2) is 47.4 Å². The van der Waals surface area contributed by atoms with Crippen molar-refractivity contribution < 1.29 is 23.4 Å². The maximum atomic E-state index is 12.6. The summed E-state index contributed by atoms with van der Waals surface area (Å²) in [7, 11) is -2.44. The molecule has 0 saturated heterocycles. The van der Waals surface area contributed by atoms with E-state index >= 15 is 0 Å². The lowest BCUT2D eigenvalue weighted by Gasteiger charge is -2.18. The summed E-state index contributed by atoms with van der Waals surface area (Å²) in [5, 5.41) is 18.8. The van der Waals surface area contributed by atoms with Gasteiger partial charge >= 0.3 is 0 Å². The number of aryl methyl sites for hydroxylation is 1. The third-order valence-electron chi connectivity index (χ3n) is 3.57. The number of aromatic hydroxyl groups is 1. The standard InChI is InChI=1S/C17H21NO5S/c1-12-3-8-16(23-2)17(9-12)24(21,22)18-14(11-19)10-13-4-6-15(20)7-5-13/h3-9,14,18-20H,10-11H2,1-2H3. The Morgan fingerprint density at radius 2 is 1.83 bits per heavy atom. The Kier molecular flexibility index (Phi) is 5.82. The van der Waals surface area contributed by atoms with Crippen LogP contribution in [0.1, 0.15) is 11.1 Å². The molecular formula is C17H21NO5S. The fourth-order valence-corrected chi connectivity index (χ4v) is 3.82. The first-order valence-electron chi connectivity index (χ1n) is 7.41. The Morgan fingerprint density at radius 3 is 2.42 bits per heavy atom. The molecule has 0 bridgehead atoms. The van der Waals surface area contributed by atoms with Crippen LogP contribution in [0, 0.1) is 6.92 Å². The highest BCUT2D eigenvalue weighted by molar-refractivity contribution is 7.89. The molecule has 0 aromatic heterocycles. The van der Waals surface area contributed by atoms with Gasteiger partial charge in [-0.15, -0.1) is 0 Å². The number of phenols is 1. The molecule has 0 spiro atoms. The number of benzene rings is 2. The molecule has 0 aliphatic rings. The van der Waals surface area contributed by atoms with Crippen molar-refractivity contribution >= 4 is 10.0 Å². The number of aliphatic hydroxyl groups excluding tert-OH is 1. The molecule has 130 valence electrons. The summed E-state index contributed by atoms with van der Waals surface area (Å²) in [5.74, 6) is 0.374. The highest BCUT2D eigenvalue weighted by Gasteiger charge is 2.23. The first kappa shape index (κ1) is 18.3. The van der Waals surface area contributed by atoms with E-state index in [4.69, 9.17) is 4.74 Å². The molecule has 0 fully saturated rings. The Bertz CT molecular complexity index is 787. The fraction of sp³-hybridized carbons (Fsp3) is 0.294. The van der Waals surface area contributed by atoms with E-state index in [1.807, 2.05) is 0 Å². The zero-order valence-electron chi connectivity index (χ0n) is 13.6. The van der Waals surface area contributed by atoms with E-state index in [1.165, 1.54) is 25.3 Å². The van der Waals surface area contributed by atoms with Crippen LogP contribution in [0.25, 0.3) is 0 Å². The summed E-state index contributed by atoms with van der Waals surface area (Å²) in [6, 6.07) is 10.6. The minimum atomic E-state index is -3.85. The largest absolute Gasteiger partial charge is 0.508 e. The van der Waals surface area contributed by atoms with E-state index in [1.54, 1.807) is 31.2 Å².